The molecule has 130 valence electrons. The van der Waals surface area contributed by atoms with Crippen molar-refractivity contribution in [2.45, 2.75) is 65.7 Å². The SMILES string of the molecule is Cc1noc(C)c1CC1C(=O)CC[C@@H]2[C@H]1CC[C@]1(C)C(=O)CC[C@@H]21. The molecular weight excluding hydrogens is 302 g/mol. The Balaban J connectivity index is 1.62. The van der Waals surface area contributed by atoms with Gasteiger partial charge in [0.15, 0.2) is 0 Å². The summed E-state index contributed by atoms with van der Waals surface area (Å²) in [6, 6.07) is 0. The molecule has 5 atom stereocenters. The number of rotatable bonds is 2. The molecule has 4 rings (SSSR count). The number of hydrogen-bond acceptors (Lipinski definition) is 4. The lowest BCUT2D eigenvalue weighted by atomic mass is 9.53. The van der Waals surface area contributed by atoms with Gasteiger partial charge in [-0.2, -0.15) is 0 Å². The number of Topliss-reactive ketones (excluding diaryl/α,β-unsaturated/α-hetero) is 2. The summed E-state index contributed by atoms with van der Waals surface area (Å²) in [5, 5.41) is 4.05. The molecule has 3 aliphatic carbocycles. The van der Waals surface area contributed by atoms with Crippen LogP contribution in [0.3, 0.4) is 0 Å². The van der Waals surface area contributed by atoms with Crippen LogP contribution in [-0.4, -0.2) is 16.7 Å². The van der Waals surface area contributed by atoms with Crippen LogP contribution in [0.5, 0.6) is 0 Å². The zero-order chi connectivity index (χ0) is 17.1. The van der Waals surface area contributed by atoms with E-state index < -0.39 is 0 Å². The van der Waals surface area contributed by atoms with Crippen LogP contribution in [-0.2, 0) is 16.0 Å². The quantitative estimate of drug-likeness (QED) is 0.827. The van der Waals surface area contributed by atoms with Gasteiger partial charge < -0.3 is 4.52 Å². The predicted octanol–water partition coefficient (Wildman–Crippen LogP) is 3.82. The molecule has 4 nitrogen and oxygen atoms in total. The van der Waals surface area contributed by atoms with Crippen LogP contribution in [0.15, 0.2) is 4.52 Å². The summed E-state index contributed by atoms with van der Waals surface area (Å²) in [4.78, 5) is 25.1. The summed E-state index contributed by atoms with van der Waals surface area (Å²) in [5.41, 5.74) is 1.92. The Bertz CT molecular complexity index is 672. The Morgan fingerprint density at radius 1 is 1.12 bits per heavy atom. The van der Waals surface area contributed by atoms with Crippen molar-refractivity contribution in [1.82, 2.24) is 5.16 Å². The monoisotopic (exact) mass is 329 g/mol. The van der Waals surface area contributed by atoms with Crippen LogP contribution < -0.4 is 0 Å². The number of ketones is 2. The molecule has 24 heavy (non-hydrogen) atoms. The van der Waals surface area contributed by atoms with E-state index in [0.717, 1.165) is 55.5 Å². The van der Waals surface area contributed by atoms with Crippen LogP contribution in [0, 0.1) is 42.9 Å². The Morgan fingerprint density at radius 2 is 1.92 bits per heavy atom. The molecule has 3 fully saturated rings. The van der Waals surface area contributed by atoms with Crippen LogP contribution >= 0.6 is 0 Å². The van der Waals surface area contributed by atoms with Crippen LogP contribution in [0.1, 0.15) is 62.5 Å². The van der Waals surface area contributed by atoms with Crippen molar-refractivity contribution in [2.24, 2.45) is 29.1 Å². The first kappa shape index (κ1) is 16.0. The highest BCUT2D eigenvalue weighted by atomic mass is 16.5. The second-order valence-electron chi connectivity index (χ2n) is 8.47. The van der Waals surface area contributed by atoms with E-state index in [1.54, 1.807) is 0 Å². The minimum Gasteiger partial charge on any atom is -0.361 e. The van der Waals surface area contributed by atoms with E-state index in [0.29, 0.717) is 35.7 Å². The van der Waals surface area contributed by atoms with Crippen molar-refractivity contribution in [3.05, 3.63) is 17.0 Å². The van der Waals surface area contributed by atoms with Gasteiger partial charge in [0, 0.05) is 29.7 Å². The fraction of sp³-hybridized carbons (Fsp3) is 0.750. The van der Waals surface area contributed by atoms with E-state index >= 15 is 0 Å². The van der Waals surface area contributed by atoms with Crippen molar-refractivity contribution < 1.29 is 14.1 Å². The maximum atomic E-state index is 12.7. The van der Waals surface area contributed by atoms with Gasteiger partial charge in [-0.1, -0.05) is 12.1 Å². The predicted molar refractivity (Wildman–Crippen MR) is 89.5 cm³/mol. The Morgan fingerprint density at radius 3 is 2.62 bits per heavy atom. The molecule has 1 heterocycles. The molecule has 3 saturated carbocycles. The molecular formula is C20H27NO3. The van der Waals surface area contributed by atoms with Gasteiger partial charge in [0.1, 0.15) is 17.3 Å². The number of fused-ring (bicyclic) bond motifs is 3. The summed E-state index contributed by atoms with van der Waals surface area (Å²) in [7, 11) is 0. The third kappa shape index (κ3) is 2.21. The second kappa shape index (κ2) is 5.53. The second-order valence-corrected chi connectivity index (χ2v) is 8.47. The van der Waals surface area contributed by atoms with Gasteiger partial charge in [-0.05, 0) is 63.7 Å². The topological polar surface area (TPSA) is 60.2 Å². The number of aryl methyl sites for hydroxylation is 2. The lowest BCUT2D eigenvalue weighted by molar-refractivity contribution is -0.137. The lowest BCUT2D eigenvalue weighted by Gasteiger charge is -2.50. The fourth-order valence-corrected chi connectivity index (χ4v) is 6.01. The van der Waals surface area contributed by atoms with E-state index in [-0.39, 0.29) is 11.3 Å². The number of carbonyl (C=O) groups excluding carboxylic acids is 2. The fourth-order valence-electron chi connectivity index (χ4n) is 6.01. The Hall–Kier alpha value is -1.45. The lowest BCUT2D eigenvalue weighted by Crippen LogP contribution is -2.48. The van der Waals surface area contributed by atoms with Gasteiger partial charge in [-0.25, -0.2) is 0 Å². The standard InChI is InChI=1S/C20H27NO3/c1-11-15(12(2)24-21-11)10-16-13-8-9-20(3)17(5-7-19(20)23)14(13)4-6-18(16)22/h13-14,16-17H,4-10H2,1-3H3/t13-,14-,16?,17+,20+/m1/s1. The molecule has 4 heteroatoms. The maximum Gasteiger partial charge on any atom is 0.139 e. The highest BCUT2D eigenvalue weighted by Gasteiger charge is 2.56. The van der Waals surface area contributed by atoms with E-state index in [9.17, 15) is 9.59 Å². The summed E-state index contributed by atoms with van der Waals surface area (Å²) >= 11 is 0. The third-order valence-corrected chi connectivity index (χ3v) is 7.46. The summed E-state index contributed by atoms with van der Waals surface area (Å²) in [6.45, 7) is 6.08. The minimum absolute atomic E-state index is 0.0841. The molecule has 1 aromatic heterocycles. The van der Waals surface area contributed by atoms with Gasteiger partial charge in [-0.15, -0.1) is 0 Å². The van der Waals surface area contributed by atoms with Gasteiger partial charge in [0.05, 0.1) is 5.69 Å². The van der Waals surface area contributed by atoms with Crippen LogP contribution in [0.25, 0.3) is 0 Å². The van der Waals surface area contributed by atoms with Crippen molar-refractivity contribution in [2.75, 3.05) is 0 Å². The van der Waals surface area contributed by atoms with E-state index in [1.807, 2.05) is 13.8 Å². The summed E-state index contributed by atoms with van der Waals surface area (Å²) in [6.07, 6.45) is 6.17. The molecule has 1 unspecified atom stereocenters. The molecule has 0 amide bonds. The molecule has 0 aromatic carbocycles. The van der Waals surface area contributed by atoms with Gasteiger partial charge >= 0.3 is 0 Å². The van der Waals surface area contributed by atoms with E-state index in [2.05, 4.69) is 12.1 Å². The smallest absolute Gasteiger partial charge is 0.139 e. The van der Waals surface area contributed by atoms with Crippen LogP contribution in [0.4, 0.5) is 0 Å². The largest absolute Gasteiger partial charge is 0.361 e. The number of carbonyl (C=O) groups is 2. The van der Waals surface area contributed by atoms with Crippen molar-refractivity contribution >= 4 is 11.6 Å². The zero-order valence-corrected chi connectivity index (χ0v) is 14.9. The molecule has 0 spiro atoms. The summed E-state index contributed by atoms with van der Waals surface area (Å²) in [5.74, 6) is 3.26. The van der Waals surface area contributed by atoms with Gasteiger partial charge in [0.25, 0.3) is 0 Å². The first-order valence-electron chi connectivity index (χ1n) is 9.39. The summed E-state index contributed by atoms with van der Waals surface area (Å²) < 4.78 is 5.30. The maximum absolute atomic E-state index is 12.7. The molecule has 0 aliphatic heterocycles. The van der Waals surface area contributed by atoms with Crippen molar-refractivity contribution in [3.63, 3.8) is 0 Å². The molecule has 1 aromatic rings. The average Bonchev–Trinajstić information content (AvgIpc) is 3.03. The normalized spacial score (nSPS) is 39.0. The zero-order valence-electron chi connectivity index (χ0n) is 14.9. The Labute approximate surface area is 143 Å². The molecule has 3 aliphatic rings. The van der Waals surface area contributed by atoms with Gasteiger partial charge in [0.2, 0.25) is 0 Å². The van der Waals surface area contributed by atoms with Crippen molar-refractivity contribution in [3.8, 4) is 0 Å². The molecule has 0 N–H and O–H groups in total. The highest BCUT2D eigenvalue weighted by Crippen LogP contribution is 2.58. The first-order valence-corrected chi connectivity index (χ1v) is 9.39. The Kier molecular flexibility index (Phi) is 3.70. The highest BCUT2D eigenvalue weighted by molar-refractivity contribution is 5.87. The van der Waals surface area contributed by atoms with E-state index in [4.69, 9.17) is 4.52 Å². The number of hydrogen-bond donors (Lipinski definition) is 0. The molecule has 0 saturated heterocycles. The number of nitrogens with zero attached hydrogens (tertiary/aromatic N) is 1. The minimum atomic E-state index is -0.116. The molecule has 0 radical (unpaired) electrons. The van der Waals surface area contributed by atoms with E-state index in [1.165, 1.54) is 0 Å². The van der Waals surface area contributed by atoms with Crippen LogP contribution in [0.2, 0.25) is 0 Å². The first-order chi connectivity index (χ1) is 11.4. The number of aromatic nitrogens is 1. The third-order valence-electron chi connectivity index (χ3n) is 7.46. The van der Waals surface area contributed by atoms with Crippen molar-refractivity contribution in [1.29, 1.82) is 0 Å². The van der Waals surface area contributed by atoms with Gasteiger partial charge in [-0.3, -0.25) is 9.59 Å². The average molecular weight is 329 g/mol. The molecule has 0 bridgehead atoms.